The van der Waals surface area contributed by atoms with Crippen molar-refractivity contribution in [1.29, 1.82) is 0 Å². The highest BCUT2D eigenvalue weighted by Crippen LogP contribution is 2.19. The van der Waals surface area contributed by atoms with Crippen LogP contribution in [-0.2, 0) is 16.1 Å². The van der Waals surface area contributed by atoms with Crippen molar-refractivity contribution in [2.45, 2.75) is 19.4 Å². The van der Waals surface area contributed by atoms with Gasteiger partial charge in [0.05, 0.1) is 24.9 Å². The van der Waals surface area contributed by atoms with Crippen LogP contribution in [0.4, 0.5) is 0 Å². The molecule has 0 spiro atoms. The lowest BCUT2D eigenvalue weighted by Gasteiger charge is -2.31. The summed E-state index contributed by atoms with van der Waals surface area (Å²) in [5.41, 5.74) is 1.35. The van der Waals surface area contributed by atoms with Gasteiger partial charge in [-0.2, -0.15) is 0 Å². The molecule has 2 amide bonds. The number of amides is 2. The number of nitrogens with one attached hydrogen (secondary N) is 1. The number of esters is 1. The smallest absolute Gasteiger partial charge is 0.337 e. The van der Waals surface area contributed by atoms with E-state index in [1.165, 1.54) is 13.4 Å². The van der Waals surface area contributed by atoms with E-state index in [0.717, 1.165) is 18.4 Å². The lowest BCUT2D eigenvalue weighted by Crippen LogP contribution is -2.45. The molecule has 1 N–H and O–H groups in total. The van der Waals surface area contributed by atoms with Crippen molar-refractivity contribution in [3.63, 3.8) is 0 Å². The number of carbonyl (C=O) groups is 3. The molecule has 2 aromatic rings. The van der Waals surface area contributed by atoms with Crippen LogP contribution in [0.5, 0.6) is 0 Å². The summed E-state index contributed by atoms with van der Waals surface area (Å²) in [7, 11) is 1.33. The fourth-order valence-corrected chi connectivity index (χ4v) is 3.14. The summed E-state index contributed by atoms with van der Waals surface area (Å²) in [6.07, 6.45) is 2.99. The summed E-state index contributed by atoms with van der Waals surface area (Å²) in [4.78, 5) is 38.0. The molecule has 142 valence electrons. The van der Waals surface area contributed by atoms with E-state index in [2.05, 4.69) is 10.1 Å². The Morgan fingerprint density at radius 3 is 2.67 bits per heavy atom. The first-order chi connectivity index (χ1) is 13.1. The monoisotopic (exact) mass is 370 g/mol. The van der Waals surface area contributed by atoms with E-state index in [1.54, 1.807) is 41.3 Å². The number of methoxy groups -OCH3 is 1. The van der Waals surface area contributed by atoms with Crippen LogP contribution < -0.4 is 5.32 Å². The van der Waals surface area contributed by atoms with Gasteiger partial charge in [-0.1, -0.05) is 12.1 Å². The van der Waals surface area contributed by atoms with Crippen LogP contribution in [0, 0.1) is 5.92 Å². The van der Waals surface area contributed by atoms with Crippen molar-refractivity contribution in [2.75, 3.05) is 20.2 Å². The van der Waals surface area contributed by atoms with Gasteiger partial charge in [-0.15, -0.1) is 0 Å². The Hall–Kier alpha value is -3.09. The zero-order chi connectivity index (χ0) is 19.2. The number of piperidine rings is 1. The first kappa shape index (κ1) is 18.7. The number of hydrogen-bond donors (Lipinski definition) is 1. The van der Waals surface area contributed by atoms with Crippen molar-refractivity contribution in [3.8, 4) is 0 Å². The number of likely N-dealkylation sites (tertiary alicyclic amines) is 1. The molecule has 0 saturated carbocycles. The minimum absolute atomic E-state index is 0.0796. The van der Waals surface area contributed by atoms with Crippen molar-refractivity contribution in [3.05, 3.63) is 59.5 Å². The number of rotatable bonds is 5. The van der Waals surface area contributed by atoms with Crippen LogP contribution in [0.1, 0.15) is 39.3 Å². The Kier molecular flexibility index (Phi) is 5.90. The lowest BCUT2D eigenvalue weighted by molar-refractivity contribution is -0.126. The topological polar surface area (TPSA) is 88.9 Å². The van der Waals surface area contributed by atoms with Crippen molar-refractivity contribution in [1.82, 2.24) is 10.2 Å². The molecular weight excluding hydrogens is 348 g/mol. The predicted octanol–water partition coefficient (Wildman–Crippen LogP) is 2.23. The average molecular weight is 370 g/mol. The van der Waals surface area contributed by atoms with Crippen LogP contribution in [0.25, 0.3) is 0 Å². The molecule has 1 aromatic carbocycles. The molecule has 0 unspecified atom stereocenters. The number of nitrogens with zero attached hydrogens (tertiary/aromatic N) is 1. The minimum Gasteiger partial charge on any atom is -0.465 e. The van der Waals surface area contributed by atoms with Crippen LogP contribution in [0.2, 0.25) is 0 Å². The molecule has 1 fully saturated rings. The van der Waals surface area contributed by atoms with E-state index >= 15 is 0 Å². The molecule has 3 rings (SSSR count). The third-order valence-corrected chi connectivity index (χ3v) is 4.65. The van der Waals surface area contributed by atoms with E-state index in [-0.39, 0.29) is 17.7 Å². The quantitative estimate of drug-likeness (QED) is 0.816. The molecule has 7 nitrogen and oxygen atoms in total. The normalized spacial score (nSPS) is 16.6. The summed E-state index contributed by atoms with van der Waals surface area (Å²) < 4.78 is 9.82. The van der Waals surface area contributed by atoms with Crippen LogP contribution in [-0.4, -0.2) is 42.9 Å². The maximum absolute atomic E-state index is 12.5. The van der Waals surface area contributed by atoms with Gasteiger partial charge in [-0.05, 0) is 42.7 Å². The SMILES string of the molecule is COC(=O)c1ccc(CNC(=O)[C@@H]2CCCN(C(=O)c3ccco3)C2)cc1. The first-order valence-electron chi connectivity index (χ1n) is 8.86. The molecule has 0 radical (unpaired) electrons. The molecule has 2 heterocycles. The fourth-order valence-electron chi connectivity index (χ4n) is 3.14. The Morgan fingerprint density at radius 2 is 2.00 bits per heavy atom. The number of benzene rings is 1. The summed E-state index contributed by atoms with van der Waals surface area (Å²) >= 11 is 0. The summed E-state index contributed by atoms with van der Waals surface area (Å²) in [5.74, 6) is -0.609. The van der Waals surface area contributed by atoms with Gasteiger partial charge in [-0.25, -0.2) is 4.79 Å². The minimum atomic E-state index is -0.394. The number of ether oxygens (including phenoxy) is 1. The van der Waals surface area contributed by atoms with Crippen LogP contribution in [0.15, 0.2) is 47.1 Å². The van der Waals surface area contributed by atoms with E-state index in [0.29, 0.717) is 31.0 Å². The van der Waals surface area contributed by atoms with Crippen molar-refractivity contribution >= 4 is 17.8 Å². The van der Waals surface area contributed by atoms with Gasteiger partial charge in [0.2, 0.25) is 5.91 Å². The molecule has 1 saturated heterocycles. The second-order valence-corrected chi connectivity index (χ2v) is 6.47. The van der Waals surface area contributed by atoms with Crippen LogP contribution >= 0.6 is 0 Å². The molecule has 0 aliphatic carbocycles. The first-order valence-corrected chi connectivity index (χ1v) is 8.86. The van der Waals surface area contributed by atoms with Gasteiger partial charge in [0.25, 0.3) is 5.91 Å². The molecule has 0 bridgehead atoms. The maximum Gasteiger partial charge on any atom is 0.337 e. The molecule has 1 aromatic heterocycles. The Balaban J connectivity index is 1.53. The highest BCUT2D eigenvalue weighted by Gasteiger charge is 2.29. The molecule has 1 aliphatic heterocycles. The maximum atomic E-state index is 12.5. The third-order valence-electron chi connectivity index (χ3n) is 4.65. The molecule has 27 heavy (non-hydrogen) atoms. The van der Waals surface area contributed by atoms with Gasteiger partial charge < -0.3 is 19.4 Å². The third kappa shape index (κ3) is 4.55. The lowest BCUT2D eigenvalue weighted by atomic mass is 9.96. The predicted molar refractivity (Wildman–Crippen MR) is 97.0 cm³/mol. The second kappa shape index (κ2) is 8.53. The Labute approximate surface area is 157 Å². The Bertz CT molecular complexity index is 798. The largest absolute Gasteiger partial charge is 0.465 e. The highest BCUT2D eigenvalue weighted by atomic mass is 16.5. The van der Waals surface area contributed by atoms with Crippen LogP contribution in [0.3, 0.4) is 0 Å². The second-order valence-electron chi connectivity index (χ2n) is 6.47. The highest BCUT2D eigenvalue weighted by molar-refractivity contribution is 5.92. The van der Waals surface area contributed by atoms with Crippen molar-refractivity contribution < 1.29 is 23.5 Å². The van der Waals surface area contributed by atoms with Gasteiger partial charge in [0.1, 0.15) is 0 Å². The zero-order valence-corrected chi connectivity index (χ0v) is 15.1. The fraction of sp³-hybridized carbons (Fsp3) is 0.350. The summed E-state index contributed by atoms with van der Waals surface area (Å²) in [6.45, 7) is 1.37. The average Bonchev–Trinajstić information content (AvgIpc) is 3.26. The van der Waals surface area contributed by atoms with Gasteiger partial charge in [0.15, 0.2) is 5.76 Å². The van der Waals surface area contributed by atoms with E-state index < -0.39 is 5.97 Å². The van der Waals surface area contributed by atoms with Crippen molar-refractivity contribution in [2.24, 2.45) is 5.92 Å². The number of hydrogen-bond acceptors (Lipinski definition) is 5. The number of carbonyl (C=O) groups excluding carboxylic acids is 3. The van der Waals surface area contributed by atoms with E-state index in [9.17, 15) is 14.4 Å². The zero-order valence-electron chi connectivity index (χ0n) is 15.1. The molecule has 1 aliphatic rings. The molecule has 1 atom stereocenters. The standard InChI is InChI=1S/C20H22N2O5/c1-26-20(25)15-8-6-14(7-9-15)12-21-18(23)16-4-2-10-22(13-16)19(24)17-5-3-11-27-17/h3,5-9,11,16H,2,4,10,12-13H2,1H3,(H,21,23)/t16-/m1/s1. The molecule has 7 heteroatoms. The summed E-state index contributed by atoms with van der Waals surface area (Å²) in [5, 5.41) is 2.91. The Morgan fingerprint density at radius 1 is 1.22 bits per heavy atom. The molecular formula is C20H22N2O5. The van der Waals surface area contributed by atoms with Gasteiger partial charge in [-0.3, -0.25) is 9.59 Å². The number of furan rings is 1. The summed E-state index contributed by atoms with van der Waals surface area (Å²) in [6, 6.07) is 10.2. The van der Waals surface area contributed by atoms with E-state index in [4.69, 9.17) is 4.42 Å². The van der Waals surface area contributed by atoms with Gasteiger partial charge in [0, 0.05) is 19.6 Å². The van der Waals surface area contributed by atoms with E-state index in [1.807, 2.05) is 0 Å². The van der Waals surface area contributed by atoms with Gasteiger partial charge >= 0.3 is 5.97 Å².